The predicted octanol–water partition coefficient (Wildman–Crippen LogP) is 2.31. The summed E-state index contributed by atoms with van der Waals surface area (Å²) in [7, 11) is 0. The molecule has 0 radical (unpaired) electrons. The number of nitrogens with zero attached hydrogens (tertiary/aromatic N) is 1. The summed E-state index contributed by atoms with van der Waals surface area (Å²) in [4.78, 5) is 24.2. The van der Waals surface area contributed by atoms with Gasteiger partial charge in [-0.25, -0.2) is 9.59 Å². The highest BCUT2D eigenvalue weighted by atomic mass is 16.6. The molecular formula is C12H21NO4. The molecule has 1 aliphatic heterocycles. The summed E-state index contributed by atoms with van der Waals surface area (Å²) in [6.07, 6.45) is -1.30. The van der Waals surface area contributed by atoms with Crippen LogP contribution in [0.1, 0.15) is 41.0 Å². The van der Waals surface area contributed by atoms with Crippen LogP contribution >= 0.6 is 0 Å². The second-order valence-corrected chi connectivity index (χ2v) is 5.99. The van der Waals surface area contributed by atoms with E-state index in [4.69, 9.17) is 4.74 Å². The molecule has 0 bridgehead atoms. The van der Waals surface area contributed by atoms with Gasteiger partial charge in [-0.05, 0) is 12.3 Å². The van der Waals surface area contributed by atoms with Gasteiger partial charge in [0.2, 0.25) is 0 Å². The lowest BCUT2D eigenvalue weighted by Crippen LogP contribution is -2.47. The van der Waals surface area contributed by atoms with Gasteiger partial charge in [-0.2, -0.15) is 0 Å². The molecular weight excluding hydrogens is 222 g/mol. The minimum Gasteiger partial charge on any atom is -0.465 e. The van der Waals surface area contributed by atoms with E-state index in [9.17, 15) is 14.7 Å². The van der Waals surface area contributed by atoms with E-state index in [1.165, 1.54) is 0 Å². The van der Waals surface area contributed by atoms with Gasteiger partial charge in [-0.1, -0.05) is 34.6 Å². The van der Waals surface area contributed by atoms with Gasteiger partial charge >= 0.3 is 12.1 Å². The van der Waals surface area contributed by atoms with Crippen LogP contribution in [0.4, 0.5) is 4.79 Å². The lowest BCUT2D eigenvalue weighted by atomic mass is 9.93. The molecule has 0 aromatic heterocycles. The first-order valence-electron chi connectivity index (χ1n) is 5.86. The van der Waals surface area contributed by atoms with Crippen molar-refractivity contribution in [3.63, 3.8) is 0 Å². The van der Waals surface area contributed by atoms with Gasteiger partial charge in [-0.3, -0.25) is 4.90 Å². The zero-order valence-corrected chi connectivity index (χ0v) is 11.1. The van der Waals surface area contributed by atoms with Crippen LogP contribution in [0.25, 0.3) is 0 Å². The van der Waals surface area contributed by atoms with Crippen molar-refractivity contribution in [2.45, 2.75) is 53.3 Å². The molecule has 1 fully saturated rings. The molecule has 5 heteroatoms. The van der Waals surface area contributed by atoms with E-state index >= 15 is 0 Å². The molecule has 0 unspecified atom stereocenters. The van der Waals surface area contributed by atoms with Crippen molar-refractivity contribution in [2.24, 2.45) is 11.3 Å². The number of carbonyl (C=O) groups excluding carboxylic acids is 1. The Labute approximate surface area is 102 Å². The average molecular weight is 243 g/mol. The fraction of sp³-hybridized carbons (Fsp3) is 0.833. The van der Waals surface area contributed by atoms with Crippen molar-refractivity contribution in [1.29, 1.82) is 0 Å². The molecule has 0 aliphatic carbocycles. The number of carbonyl (C=O) groups is 2. The third-order valence-electron chi connectivity index (χ3n) is 2.74. The Morgan fingerprint density at radius 2 is 2.00 bits per heavy atom. The molecule has 0 saturated carbocycles. The number of cyclic esters (lactones) is 1. The van der Waals surface area contributed by atoms with Crippen molar-refractivity contribution in [3.05, 3.63) is 0 Å². The highest BCUT2D eigenvalue weighted by molar-refractivity contribution is 5.84. The van der Waals surface area contributed by atoms with Crippen molar-refractivity contribution >= 4 is 12.1 Å². The molecule has 2 atom stereocenters. The van der Waals surface area contributed by atoms with Crippen molar-refractivity contribution in [3.8, 4) is 0 Å². The summed E-state index contributed by atoms with van der Waals surface area (Å²) in [5.41, 5.74) is -0.417. The van der Waals surface area contributed by atoms with Gasteiger partial charge in [-0.15, -0.1) is 0 Å². The van der Waals surface area contributed by atoms with Crippen molar-refractivity contribution < 1.29 is 19.4 Å². The molecule has 98 valence electrons. The monoisotopic (exact) mass is 243 g/mol. The summed E-state index contributed by atoms with van der Waals surface area (Å²) in [6.45, 7) is 9.49. The van der Waals surface area contributed by atoms with Crippen molar-refractivity contribution in [1.82, 2.24) is 4.90 Å². The second kappa shape index (κ2) is 4.55. The van der Waals surface area contributed by atoms with Crippen LogP contribution in [0.15, 0.2) is 0 Å². The van der Waals surface area contributed by atoms with Gasteiger partial charge in [0.05, 0.1) is 0 Å². The standard InChI is InChI=1S/C12H21NO4/c1-7(2)6-8-9(14)17-10(12(3,4)5)13(8)11(15)16/h7-8,10H,6H2,1-5H3,(H,15,16)/t8-,10-/m0/s1. The number of hydrogen-bond donors (Lipinski definition) is 1. The van der Waals surface area contributed by atoms with E-state index in [1.54, 1.807) is 0 Å². The van der Waals surface area contributed by atoms with Crippen LogP contribution in [0.2, 0.25) is 0 Å². The zero-order chi connectivity index (χ0) is 13.4. The molecule has 1 amide bonds. The van der Waals surface area contributed by atoms with Crippen LogP contribution in [-0.2, 0) is 9.53 Å². The number of ether oxygens (including phenoxy) is 1. The third kappa shape index (κ3) is 2.90. The fourth-order valence-electron chi connectivity index (χ4n) is 2.01. The Morgan fingerprint density at radius 1 is 1.47 bits per heavy atom. The summed E-state index contributed by atoms with van der Waals surface area (Å²) in [6, 6.07) is -0.670. The third-order valence-corrected chi connectivity index (χ3v) is 2.74. The maximum Gasteiger partial charge on any atom is 0.410 e. The van der Waals surface area contributed by atoms with E-state index in [0.717, 1.165) is 4.90 Å². The van der Waals surface area contributed by atoms with Crippen molar-refractivity contribution in [2.75, 3.05) is 0 Å². The quantitative estimate of drug-likeness (QED) is 0.756. The smallest absolute Gasteiger partial charge is 0.410 e. The second-order valence-electron chi connectivity index (χ2n) is 5.99. The Kier molecular flexibility index (Phi) is 3.69. The molecule has 0 spiro atoms. The highest BCUT2D eigenvalue weighted by Crippen LogP contribution is 2.34. The summed E-state index contributed by atoms with van der Waals surface area (Å²) >= 11 is 0. The normalized spacial score (nSPS) is 25.3. The van der Waals surface area contributed by atoms with Crippen LogP contribution in [0.3, 0.4) is 0 Å². The first-order valence-corrected chi connectivity index (χ1v) is 5.86. The Morgan fingerprint density at radius 3 is 2.35 bits per heavy atom. The van der Waals surface area contributed by atoms with Crippen LogP contribution in [0.5, 0.6) is 0 Å². The van der Waals surface area contributed by atoms with E-state index < -0.39 is 29.7 Å². The first kappa shape index (κ1) is 13.8. The van der Waals surface area contributed by atoms with Gasteiger partial charge in [0, 0.05) is 5.41 Å². The van der Waals surface area contributed by atoms with Gasteiger partial charge in [0.25, 0.3) is 0 Å². The highest BCUT2D eigenvalue weighted by Gasteiger charge is 2.49. The number of rotatable bonds is 2. The largest absolute Gasteiger partial charge is 0.465 e. The summed E-state index contributed by atoms with van der Waals surface area (Å²) in [5, 5.41) is 9.24. The van der Waals surface area contributed by atoms with Gasteiger partial charge < -0.3 is 9.84 Å². The van der Waals surface area contributed by atoms with E-state index in [2.05, 4.69) is 0 Å². The molecule has 1 saturated heterocycles. The van der Waals surface area contributed by atoms with E-state index in [-0.39, 0.29) is 5.92 Å². The average Bonchev–Trinajstić information content (AvgIpc) is 2.42. The van der Waals surface area contributed by atoms with E-state index in [1.807, 2.05) is 34.6 Å². The molecule has 0 aromatic carbocycles. The number of hydrogen-bond acceptors (Lipinski definition) is 3. The van der Waals surface area contributed by atoms with Crippen LogP contribution in [0, 0.1) is 11.3 Å². The number of esters is 1. The predicted molar refractivity (Wildman–Crippen MR) is 62.4 cm³/mol. The Balaban J connectivity index is 2.99. The summed E-state index contributed by atoms with van der Waals surface area (Å²) < 4.78 is 5.22. The molecule has 5 nitrogen and oxygen atoms in total. The number of carboxylic acid groups (broad SMARTS) is 1. The Bertz CT molecular complexity index is 319. The van der Waals surface area contributed by atoms with Gasteiger partial charge in [0.15, 0.2) is 6.23 Å². The molecule has 0 aromatic rings. The van der Waals surface area contributed by atoms with Gasteiger partial charge in [0.1, 0.15) is 6.04 Å². The van der Waals surface area contributed by atoms with E-state index in [0.29, 0.717) is 6.42 Å². The van der Waals surface area contributed by atoms with Crippen LogP contribution in [-0.4, -0.2) is 34.3 Å². The maximum absolute atomic E-state index is 11.8. The molecule has 17 heavy (non-hydrogen) atoms. The first-order chi connectivity index (χ1) is 7.64. The fourth-order valence-corrected chi connectivity index (χ4v) is 2.01. The molecule has 1 aliphatic rings. The zero-order valence-electron chi connectivity index (χ0n) is 11.1. The molecule has 1 N–H and O–H groups in total. The SMILES string of the molecule is CC(C)C[C@H]1C(=O)O[C@@H](C(C)(C)C)N1C(=O)O. The molecule has 1 rings (SSSR count). The minimum atomic E-state index is -1.10. The Hall–Kier alpha value is -1.26. The lowest BCUT2D eigenvalue weighted by molar-refractivity contribution is -0.147. The lowest BCUT2D eigenvalue weighted by Gasteiger charge is -2.32. The minimum absolute atomic E-state index is 0.244. The van der Waals surface area contributed by atoms with Crippen LogP contribution < -0.4 is 0 Å². The number of amides is 1. The molecule has 1 heterocycles. The summed E-state index contributed by atoms with van der Waals surface area (Å²) in [5.74, 6) is -0.186. The topological polar surface area (TPSA) is 66.8 Å². The maximum atomic E-state index is 11.8.